The van der Waals surface area contributed by atoms with E-state index in [-0.39, 0.29) is 5.91 Å². The molecule has 3 heterocycles. The molecule has 0 spiro atoms. The number of thiazole rings is 1. The molecule has 0 saturated carbocycles. The molecule has 3 aromatic heterocycles. The largest absolute Gasteiger partial charge is 0.349 e. The van der Waals surface area contributed by atoms with Gasteiger partial charge in [0.15, 0.2) is 11.0 Å². The number of hydrogen-bond donors (Lipinski definition) is 1. The molecular formula is C18H19N7OS2. The number of carbonyl (C=O) groups is 1. The van der Waals surface area contributed by atoms with E-state index in [9.17, 15) is 4.79 Å². The number of nitrogens with one attached hydrogen (secondary N) is 1. The number of nitrogens with zero attached hydrogens (tertiary/aromatic N) is 6. The Morgan fingerprint density at radius 2 is 2.04 bits per heavy atom. The molecule has 0 radical (unpaired) electrons. The summed E-state index contributed by atoms with van der Waals surface area (Å²) < 4.78 is 2.66. The summed E-state index contributed by atoms with van der Waals surface area (Å²) in [6, 6.07) is 9.34. The predicted molar refractivity (Wildman–Crippen MR) is 113 cm³/mol. The minimum absolute atomic E-state index is 0.148. The number of carbonyl (C=O) groups excluding carboxylic acids is 1. The van der Waals surface area contributed by atoms with Gasteiger partial charge in [-0.3, -0.25) is 4.79 Å². The number of benzene rings is 1. The van der Waals surface area contributed by atoms with E-state index in [2.05, 4.69) is 44.6 Å². The first kappa shape index (κ1) is 18.5. The fourth-order valence-electron chi connectivity index (χ4n) is 2.84. The maximum Gasteiger partial charge on any atom is 0.265 e. The number of amides is 1. The van der Waals surface area contributed by atoms with Crippen molar-refractivity contribution in [1.29, 1.82) is 0 Å². The van der Waals surface area contributed by atoms with Gasteiger partial charge in [0.1, 0.15) is 4.83 Å². The third kappa shape index (κ3) is 3.48. The minimum Gasteiger partial charge on any atom is -0.349 e. The summed E-state index contributed by atoms with van der Waals surface area (Å²) in [7, 11) is 0. The van der Waals surface area contributed by atoms with Crippen molar-refractivity contribution in [2.45, 2.75) is 20.8 Å². The highest BCUT2D eigenvalue weighted by atomic mass is 32.1. The van der Waals surface area contributed by atoms with Gasteiger partial charge in [-0.2, -0.15) is 4.68 Å². The first-order valence-corrected chi connectivity index (χ1v) is 10.5. The van der Waals surface area contributed by atoms with E-state index in [0.717, 1.165) is 33.4 Å². The van der Waals surface area contributed by atoms with Gasteiger partial charge in [-0.1, -0.05) is 17.4 Å². The molecule has 0 saturated heterocycles. The van der Waals surface area contributed by atoms with Gasteiger partial charge in [0.25, 0.3) is 5.91 Å². The highest BCUT2D eigenvalue weighted by Gasteiger charge is 2.16. The molecule has 144 valence electrons. The molecular weight excluding hydrogens is 394 g/mol. The Morgan fingerprint density at radius 3 is 2.71 bits per heavy atom. The fraction of sp³-hybridized carbons (Fsp3) is 0.278. The van der Waals surface area contributed by atoms with Crippen LogP contribution in [0.15, 0.2) is 30.3 Å². The Kier molecular flexibility index (Phi) is 5.05. The zero-order valence-electron chi connectivity index (χ0n) is 15.7. The topological polar surface area (TPSA) is 88.8 Å². The van der Waals surface area contributed by atoms with Crippen LogP contribution in [0.4, 0.5) is 10.8 Å². The van der Waals surface area contributed by atoms with Crippen LogP contribution in [-0.4, -0.2) is 44.2 Å². The van der Waals surface area contributed by atoms with Crippen LogP contribution in [0.5, 0.6) is 0 Å². The van der Waals surface area contributed by atoms with E-state index >= 15 is 0 Å². The lowest BCUT2D eigenvalue weighted by Crippen LogP contribution is -2.21. The molecule has 0 atom stereocenters. The SMILES string of the molecule is CCN(CC)c1nc2sc(C(=O)Nc3cccc(-n4nnnc4C)c3)cc2s1. The molecule has 10 heteroatoms. The quantitative estimate of drug-likeness (QED) is 0.518. The number of hydrogen-bond acceptors (Lipinski definition) is 8. The first-order chi connectivity index (χ1) is 13.6. The zero-order chi connectivity index (χ0) is 19.7. The number of tetrazole rings is 1. The van der Waals surface area contributed by atoms with Gasteiger partial charge in [-0.25, -0.2) is 4.98 Å². The normalized spacial score (nSPS) is 11.1. The van der Waals surface area contributed by atoms with E-state index in [1.807, 2.05) is 37.3 Å². The van der Waals surface area contributed by atoms with E-state index in [4.69, 9.17) is 0 Å². The molecule has 0 aliphatic rings. The molecule has 28 heavy (non-hydrogen) atoms. The van der Waals surface area contributed by atoms with Crippen molar-refractivity contribution in [2.75, 3.05) is 23.3 Å². The van der Waals surface area contributed by atoms with Gasteiger partial charge in [0, 0.05) is 18.8 Å². The van der Waals surface area contributed by atoms with Crippen LogP contribution in [-0.2, 0) is 0 Å². The Bertz CT molecular complexity index is 1090. The molecule has 0 aliphatic carbocycles. The second-order valence-electron chi connectivity index (χ2n) is 6.09. The van der Waals surface area contributed by atoms with Gasteiger partial charge in [0.2, 0.25) is 0 Å². The van der Waals surface area contributed by atoms with Gasteiger partial charge in [0.05, 0.1) is 15.3 Å². The van der Waals surface area contributed by atoms with Crippen molar-refractivity contribution in [1.82, 2.24) is 25.2 Å². The Morgan fingerprint density at radius 1 is 1.21 bits per heavy atom. The molecule has 0 unspecified atom stereocenters. The lowest BCUT2D eigenvalue weighted by Gasteiger charge is -2.16. The second-order valence-corrected chi connectivity index (χ2v) is 8.13. The number of anilines is 2. The van der Waals surface area contributed by atoms with Crippen LogP contribution >= 0.6 is 22.7 Å². The number of aromatic nitrogens is 5. The van der Waals surface area contributed by atoms with Crippen LogP contribution in [0.3, 0.4) is 0 Å². The van der Waals surface area contributed by atoms with Crippen molar-refractivity contribution >= 4 is 48.9 Å². The van der Waals surface area contributed by atoms with Crippen molar-refractivity contribution in [2.24, 2.45) is 0 Å². The first-order valence-electron chi connectivity index (χ1n) is 8.91. The molecule has 1 aromatic carbocycles. The number of thiophene rings is 1. The summed E-state index contributed by atoms with van der Waals surface area (Å²) in [5.41, 5.74) is 1.48. The molecule has 1 amide bonds. The monoisotopic (exact) mass is 413 g/mol. The summed E-state index contributed by atoms with van der Waals surface area (Å²) in [6.07, 6.45) is 0. The standard InChI is InChI=1S/C18H19N7OS2/c1-4-24(5-2)18-20-17-15(28-18)10-14(27-17)16(26)19-12-7-6-8-13(9-12)25-11(3)21-22-23-25/h6-10H,4-5H2,1-3H3,(H,19,26). The smallest absolute Gasteiger partial charge is 0.265 e. The van der Waals surface area contributed by atoms with E-state index in [0.29, 0.717) is 16.4 Å². The Balaban J connectivity index is 1.54. The fourth-order valence-corrected chi connectivity index (χ4v) is 5.08. The molecule has 4 aromatic rings. The molecule has 8 nitrogen and oxygen atoms in total. The van der Waals surface area contributed by atoms with E-state index in [1.54, 1.807) is 16.0 Å². The summed E-state index contributed by atoms with van der Waals surface area (Å²) in [6.45, 7) is 7.89. The summed E-state index contributed by atoms with van der Waals surface area (Å²) in [5, 5.41) is 15.4. The molecule has 4 rings (SSSR count). The number of rotatable bonds is 6. The predicted octanol–water partition coefficient (Wildman–Crippen LogP) is 3.74. The van der Waals surface area contributed by atoms with Crippen molar-refractivity contribution in [3.8, 4) is 5.69 Å². The highest BCUT2D eigenvalue weighted by molar-refractivity contribution is 7.29. The second kappa shape index (κ2) is 7.64. The van der Waals surface area contributed by atoms with Crippen LogP contribution in [0.1, 0.15) is 29.3 Å². The van der Waals surface area contributed by atoms with Crippen molar-refractivity contribution in [3.05, 3.63) is 41.0 Å². The number of aryl methyl sites for hydroxylation is 1. The molecule has 0 bridgehead atoms. The zero-order valence-corrected chi connectivity index (χ0v) is 17.3. The summed E-state index contributed by atoms with van der Waals surface area (Å²) in [4.78, 5) is 21.1. The summed E-state index contributed by atoms with van der Waals surface area (Å²) >= 11 is 3.03. The third-order valence-electron chi connectivity index (χ3n) is 4.31. The van der Waals surface area contributed by atoms with Gasteiger partial charge < -0.3 is 10.2 Å². The van der Waals surface area contributed by atoms with E-state index in [1.165, 1.54) is 11.3 Å². The number of fused-ring (bicyclic) bond motifs is 1. The van der Waals surface area contributed by atoms with Gasteiger partial charge in [-0.05, 0) is 55.5 Å². The van der Waals surface area contributed by atoms with Crippen LogP contribution in [0.25, 0.3) is 15.2 Å². The average molecular weight is 414 g/mol. The molecule has 1 N–H and O–H groups in total. The average Bonchev–Trinajstić information content (AvgIpc) is 3.37. The van der Waals surface area contributed by atoms with Crippen LogP contribution in [0.2, 0.25) is 0 Å². The third-order valence-corrected chi connectivity index (χ3v) is 6.53. The minimum atomic E-state index is -0.148. The van der Waals surface area contributed by atoms with Gasteiger partial charge >= 0.3 is 0 Å². The lowest BCUT2D eigenvalue weighted by molar-refractivity contribution is 0.103. The van der Waals surface area contributed by atoms with Crippen molar-refractivity contribution < 1.29 is 4.79 Å². The van der Waals surface area contributed by atoms with Crippen LogP contribution in [0, 0.1) is 6.92 Å². The Labute approximate surface area is 169 Å². The molecule has 0 fully saturated rings. The van der Waals surface area contributed by atoms with Crippen molar-refractivity contribution in [3.63, 3.8) is 0 Å². The summed E-state index contributed by atoms with van der Waals surface area (Å²) in [5.74, 6) is 0.530. The highest BCUT2D eigenvalue weighted by Crippen LogP contribution is 2.34. The van der Waals surface area contributed by atoms with E-state index < -0.39 is 0 Å². The Hall–Kier alpha value is -2.85. The van der Waals surface area contributed by atoms with Gasteiger partial charge in [-0.15, -0.1) is 16.4 Å². The maximum absolute atomic E-state index is 12.7. The maximum atomic E-state index is 12.7. The lowest BCUT2D eigenvalue weighted by atomic mass is 10.2. The molecule has 0 aliphatic heterocycles. The van der Waals surface area contributed by atoms with Crippen LogP contribution < -0.4 is 10.2 Å².